The molecule has 1 atom stereocenters. The Kier molecular flexibility index (Phi) is 4.15. The Hall–Kier alpha value is -2.24. The molecule has 122 valence electrons. The summed E-state index contributed by atoms with van der Waals surface area (Å²) in [4.78, 5) is 36.9. The molecule has 1 aromatic rings. The van der Waals surface area contributed by atoms with Gasteiger partial charge in [0.25, 0.3) is 17.5 Å². The molecule has 2 amide bonds. The summed E-state index contributed by atoms with van der Waals surface area (Å²) in [5, 5.41) is 11.1. The average molecular weight is 316 g/mol. The highest BCUT2D eigenvalue weighted by molar-refractivity contribution is 6.23. The number of nitrogens with zero attached hydrogens (tertiary/aromatic N) is 2. The third-order valence-corrected chi connectivity index (χ3v) is 4.96. The van der Waals surface area contributed by atoms with Crippen molar-refractivity contribution in [2.45, 2.75) is 51.5 Å². The molecular formula is C17H20N2O4. The largest absolute Gasteiger partial charge is 0.282 e. The van der Waals surface area contributed by atoms with Gasteiger partial charge >= 0.3 is 0 Å². The first kappa shape index (κ1) is 15.6. The Morgan fingerprint density at radius 2 is 1.91 bits per heavy atom. The standard InChI is InChI=1S/C17H20N2O4/c1-11(10-12-6-3-2-4-7-12)18-16(20)13-8-5-9-14(19(22)23)15(13)17(18)21/h5,8-9,11-12H,2-4,6-7,10H2,1H3. The van der Waals surface area contributed by atoms with Crippen molar-refractivity contribution in [1.29, 1.82) is 0 Å². The van der Waals surface area contributed by atoms with E-state index in [4.69, 9.17) is 0 Å². The lowest BCUT2D eigenvalue weighted by Crippen LogP contribution is -2.39. The van der Waals surface area contributed by atoms with Crippen molar-refractivity contribution >= 4 is 17.5 Å². The first-order valence-corrected chi connectivity index (χ1v) is 8.16. The normalized spacial score (nSPS) is 19.8. The summed E-state index contributed by atoms with van der Waals surface area (Å²) in [6.07, 6.45) is 6.70. The number of nitro benzene ring substituents is 1. The van der Waals surface area contributed by atoms with Crippen LogP contribution in [0.15, 0.2) is 18.2 Å². The van der Waals surface area contributed by atoms with Crippen LogP contribution < -0.4 is 0 Å². The molecule has 1 aromatic carbocycles. The molecule has 1 aliphatic carbocycles. The van der Waals surface area contributed by atoms with E-state index in [1.165, 1.54) is 42.4 Å². The molecule has 6 heteroatoms. The molecule has 0 bridgehead atoms. The van der Waals surface area contributed by atoms with Crippen molar-refractivity contribution in [2.24, 2.45) is 5.92 Å². The summed E-state index contributed by atoms with van der Waals surface area (Å²) >= 11 is 0. The summed E-state index contributed by atoms with van der Waals surface area (Å²) in [5.41, 5.74) is -0.189. The van der Waals surface area contributed by atoms with Gasteiger partial charge in [0.2, 0.25) is 0 Å². The highest BCUT2D eigenvalue weighted by Crippen LogP contribution is 2.34. The Bertz CT molecular complexity index is 665. The maximum atomic E-state index is 12.6. The van der Waals surface area contributed by atoms with Crippen molar-refractivity contribution in [3.05, 3.63) is 39.4 Å². The van der Waals surface area contributed by atoms with Gasteiger partial charge in [-0.2, -0.15) is 0 Å². The van der Waals surface area contributed by atoms with E-state index in [2.05, 4.69) is 0 Å². The number of hydrogen-bond donors (Lipinski definition) is 0. The van der Waals surface area contributed by atoms with E-state index >= 15 is 0 Å². The number of carbonyl (C=O) groups excluding carboxylic acids is 2. The molecule has 1 heterocycles. The minimum atomic E-state index is -0.598. The fourth-order valence-corrected chi connectivity index (χ4v) is 3.85. The highest BCUT2D eigenvalue weighted by Gasteiger charge is 2.43. The number of hydrogen-bond acceptors (Lipinski definition) is 4. The van der Waals surface area contributed by atoms with Crippen molar-refractivity contribution in [2.75, 3.05) is 0 Å². The second-order valence-electron chi connectivity index (χ2n) is 6.53. The fourth-order valence-electron chi connectivity index (χ4n) is 3.85. The predicted molar refractivity (Wildman–Crippen MR) is 84.3 cm³/mol. The van der Waals surface area contributed by atoms with Gasteiger partial charge in [0, 0.05) is 12.1 Å². The zero-order valence-corrected chi connectivity index (χ0v) is 13.2. The van der Waals surface area contributed by atoms with Crippen LogP contribution in [-0.2, 0) is 0 Å². The van der Waals surface area contributed by atoms with E-state index in [9.17, 15) is 19.7 Å². The number of benzene rings is 1. The van der Waals surface area contributed by atoms with Crippen LogP contribution in [0.1, 0.15) is 66.2 Å². The molecule has 1 aliphatic heterocycles. The number of amides is 2. The Morgan fingerprint density at radius 1 is 1.22 bits per heavy atom. The van der Waals surface area contributed by atoms with Crippen molar-refractivity contribution < 1.29 is 14.5 Å². The summed E-state index contributed by atoms with van der Waals surface area (Å²) in [5.74, 6) is -0.407. The molecular weight excluding hydrogens is 296 g/mol. The minimum Gasteiger partial charge on any atom is -0.271 e. The number of fused-ring (bicyclic) bond motifs is 1. The molecule has 0 N–H and O–H groups in total. The molecule has 6 nitrogen and oxygen atoms in total. The van der Waals surface area contributed by atoms with Crippen LogP contribution in [0, 0.1) is 16.0 Å². The van der Waals surface area contributed by atoms with E-state index in [0.717, 1.165) is 19.3 Å². The monoisotopic (exact) mass is 316 g/mol. The van der Waals surface area contributed by atoms with Gasteiger partial charge in [0.05, 0.1) is 10.5 Å². The predicted octanol–water partition coefficient (Wildman–Crippen LogP) is 3.55. The summed E-state index contributed by atoms with van der Waals surface area (Å²) in [6, 6.07) is 4.00. The second kappa shape index (κ2) is 6.10. The first-order chi connectivity index (χ1) is 11.0. The van der Waals surface area contributed by atoms with Crippen LogP contribution in [0.2, 0.25) is 0 Å². The lowest BCUT2D eigenvalue weighted by atomic mass is 9.85. The topological polar surface area (TPSA) is 80.5 Å². The smallest absolute Gasteiger partial charge is 0.271 e. The van der Waals surface area contributed by atoms with Gasteiger partial charge in [0.15, 0.2) is 0 Å². The van der Waals surface area contributed by atoms with Crippen molar-refractivity contribution in [1.82, 2.24) is 4.90 Å². The quantitative estimate of drug-likeness (QED) is 0.483. The third kappa shape index (κ3) is 2.73. The van der Waals surface area contributed by atoms with E-state index in [1.807, 2.05) is 6.92 Å². The molecule has 0 aromatic heterocycles. The maximum absolute atomic E-state index is 12.6. The summed E-state index contributed by atoms with van der Waals surface area (Å²) in [6.45, 7) is 1.86. The van der Waals surface area contributed by atoms with Gasteiger partial charge in [-0.15, -0.1) is 0 Å². The van der Waals surface area contributed by atoms with Crippen LogP contribution in [0.25, 0.3) is 0 Å². The van der Waals surface area contributed by atoms with Crippen LogP contribution >= 0.6 is 0 Å². The van der Waals surface area contributed by atoms with Gasteiger partial charge in [-0.25, -0.2) is 0 Å². The lowest BCUT2D eigenvalue weighted by Gasteiger charge is -2.29. The summed E-state index contributed by atoms with van der Waals surface area (Å²) in [7, 11) is 0. The van der Waals surface area contributed by atoms with Crippen LogP contribution in [0.4, 0.5) is 5.69 Å². The lowest BCUT2D eigenvalue weighted by molar-refractivity contribution is -0.385. The van der Waals surface area contributed by atoms with Crippen molar-refractivity contribution in [3.8, 4) is 0 Å². The number of carbonyl (C=O) groups is 2. The molecule has 1 fully saturated rings. The molecule has 0 radical (unpaired) electrons. The number of rotatable bonds is 4. The van der Waals surface area contributed by atoms with E-state index < -0.39 is 16.7 Å². The SMILES string of the molecule is CC(CC1CCCCC1)N1C(=O)c2cccc([N+](=O)[O-])c2C1=O. The average Bonchev–Trinajstić information content (AvgIpc) is 2.80. The zero-order valence-electron chi connectivity index (χ0n) is 13.2. The number of nitro groups is 1. The van der Waals surface area contributed by atoms with Gasteiger partial charge < -0.3 is 0 Å². The maximum Gasteiger partial charge on any atom is 0.282 e. The van der Waals surface area contributed by atoms with Crippen LogP contribution in [0.3, 0.4) is 0 Å². The van der Waals surface area contributed by atoms with Crippen LogP contribution in [0.5, 0.6) is 0 Å². The van der Waals surface area contributed by atoms with Gasteiger partial charge in [-0.05, 0) is 25.3 Å². The molecule has 1 saturated carbocycles. The highest BCUT2D eigenvalue weighted by atomic mass is 16.6. The fraction of sp³-hybridized carbons (Fsp3) is 0.529. The van der Waals surface area contributed by atoms with E-state index in [1.54, 1.807) is 0 Å². The van der Waals surface area contributed by atoms with E-state index in [0.29, 0.717) is 5.92 Å². The third-order valence-electron chi connectivity index (χ3n) is 4.96. The zero-order chi connectivity index (χ0) is 16.6. The Morgan fingerprint density at radius 3 is 2.57 bits per heavy atom. The molecule has 3 rings (SSSR count). The Labute approximate surface area is 134 Å². The van der Waals surface area contributed by atoms with Gasteiger partial charge in [-0.3, -0.25) is 24.6 Å². The minimum absolute atomic E-state index is 0.0574. The van der Waals surface area contributed by atoms with Gasteiger partial charge in [-0.1, -0.05) is 38.2 Å². The molecule has 2 aliphatic rings. The van der Waals surface area contributed by atoms with Crippen LogP contribution in [-0.4, -0.2) is 27.7 Å². The molecule has 1 unspecified atom stereocenters. The first-order valence-electron chi connectivity index (χ1n) is 8.16. The molecule has 23 heavy (non-hydrogen) atoms. The van der Waals surface area contributed by atoms with Crippen molar-refractivity contribution in [3.63, 3.8) is 0 Å². The second-order valence-corrected chi connectivity index (χ2v) is 6.53. The van der Waals surface area contributed by atoms with E-state index in [-0.39, 0.29) is 22.9 Å². The molecule has 0 spiro atoms. The molecule has 0 saturated heterocycles. The van der Waals surface area contributed by atoms with Gasteiger partial charge in [0.1, 0.15) is 5.56 Å². The Balaban J connectivity index is 1.85. The number of imide groups is 1. The summed E-state index contributed by atoms with van der Waals surface area (Å²) < 4.78 is 0.